The highest BCUT2D eigenvalue weighted by Crippen LogP contribution is 2.30. The van der Waals surface area contributed by atoms with Gasteiger partial charge in [0.25, 0.3) is 0 Å². The number of nitrogens with one attached hydrogen (secondary N) is 1. The molecule has 2 heterocycles. The molecule has 3 rings (SSSR count). The fourth-order valence-corrected chi connectivity index (χ4v) is 4.03. The molecule has 1 N–H and O–H groups in total. The Morgan fingerprint density at radius 2 is 1.86 bits per heavy atom. The normalized spacial score (nSPS) is 16.2. The first kappa shape index (κ1) is 20.9. The van der Waals surface area contributed by atoms with Crippen LogP contribution in [0.2, 0.25) is 0 Å². The molecule has 29 heavy (non-hydrogen) atoms. The molecule has 1 atom stereocenters. The van der Waals surface area contributed by atoms with E-state index in [1.165, 1.54) is 24.5 Å². The summed E-state index contributed by atoms with van der Waals surface area (Å²) in [4.78, 5) is 20.5. The van der Waals surface area contributed by atoms with Gasteiger partial charge in [-0.25, -0.2) is 4.79 Å². The Morgan fingerprint density at radius 3 is 2.52 bits per heavy atom. The maximum Gasteiger partial charge on any atom is 0.437 e. The summed E-state index contributed by atoms with van der Waals surface area (Å²) in [5.41, 5.74) is 0.294. The van der Waals surface area contributed by atoms with Crippen molar-refractivity contribution in [1.29, 1.82) is 0 Å². The fourth-order valence-electron chi connectivity index (χ4n) is 2.67. The molecule has 1 aliphatic heterocycles. The number of pyridine rings is 1. The average molecular weight is 427 g/mol. The molecule has 1 unspecified atom stereocenters. The van der Waals surface area contributed by atoms with E-state index in [4.69, 9.17) is 4.84 Å². The van der Waals surface area contributed by atoms with Crippen LogP contribution in [0.15, 0.2) is 58.8 Å². The molecule has 154 valence electrons. The maximum atomic E-state index is 12.8. The number of carbonyl (C=O) groups excluding carboxylic acids is 1. The lowest BCUT2D eigenvalue weighted by atomic mass is 10.1. The molecule has 1 aromatic heterocycles. The standard InChI is InChI=1S/C18H17F3N4O3S/c19-18(20,21)13-2-1-3-16(12-13)29(27)25-10-6-15(7-11-25)24-28-17(26)23-14-4-8-22-9-5-14/h1-5,8-9,12H,6-7,10-11H2,(H,22,23,26)/p+1. The summed E-state index contributed by atoms with van der Waals surface area (Å²) in [5.74, 6) is 0. The number of carbonyl (C=O) groups is 1. The van der Waals surface area contributed by atoms with E-state index in [0.29, 0.717) is 37.3 Å². The van der Waals surface area contributed by atoms with Crippen molar-refractivity contribution in [2.45, 2.75) is 23.9 Å². The largest absolute Gasteiger partial charge is 0.437 e. The van der Waals surface area contributed by atoms with Crippen molar-refractivity contribution in [3.05, 3.63) is 54.4 Å². The van der Waals surface area contributed by atoms with Gasteiger partial charge in [-0.1, -0.05) is 15.4 Å². The SMILES string of the molecule is O=C(Nc1ccncc1)ON=C1CCN([SH+](=O)c2cccc(C(F)(F)F)c2)CC1. The Labute approximate surface area is 167 Å². The minimum absolute atomic E-state index is 0.128. The van der Waals surface area contributed by atoms with Gasteiger partial charge in [-0.3, -0.25) is 15.1 Å². The van der Waals surface area contributed by atoms with E-state index in [-0.39, 0.29) is 4.90 Å². The molecule has 2 aromatic rings. The first-order valence-corrected chi connectivity index (χ1v) is 9.87. The number of amides is 1. The van der Waals surface area contributed by atoms with Crippen LogP contribution in [0.25, 0.3) is 0 Å². The zero-order valence-electron chi connectivity index (χ0n) is 15.1. The van der Waals surface area contributed by atoms with E-state index in [9.17, 15) is 22.2 Å². The molecule has 1 saturated heterocycles. The predicted molar refractivity (Wildman–Crippen MR) is 102 cm³/mol. The molecular formula is C18H18F3N4O3S+. The highest BCUT2D eigenvalue weighted by Gasteiger charge is 2.33. The van der Waals surface area contributed by atoms with Crippen LogP contribution in [-0.2, 0) is 26.2 Å². The van der Waals surface area contributed by atoms with E-state index in [0.717, 1.165) is 12.1 Å². The zero-order chi connectivity index (χ0) is 20.9. The van der Waals surface area contributed by atoms with Crippen molar-refractivity contribution in [2.75, 3.05) is 18.4 Å². The van der Waals surface area contributed by atoms with Gasteiger partial charge in [0.15, 0.2) is 15.9 Å². The average Bonchev–Trinajstić information content (AvgIpc) is 2.72. The first-order chi connectivity index (χ1) is 13.8. The second-order valence-corrected chi connectivity index (χ2v) is 7.80. The van der Waals surface area contributed by atoms with E-state index < -0.39 is 28.8 Å². The Bertz CT molecular complexity index is 912. The maximum absolute atomic E-state index is 12.8. The lowest BCUT2D eigenvalue weighted by molar-refractivity contribution is -0.137. The zero-order valence-corrected chi connectivity index (χ0v) is 16.0. The van der Waals surface area contributed by atoms with Crippen LogP contribution in [0.5, 0.6) is 0 Å². The van der Waals surface area contributed by atoms with Crippen molar-refractivity contribution >= 4 is 28.5 Å². The van der Waals surface area contributed by atoms with Gasteiger partial charge in [-0.15, -0.1) is 4.31 Å². The molecule has 0 radical (unpaired) electrons. The Hall–Kier alpha value is -2.79. The summed E-state index contributed by atoms with van der Waals surface area (Å²) in [7, 11) is -2.13. The molecule has 1 fully saturated rings. The number of oxime groups is 1. The minimum Gasteiger partial charge on any atom is -0.298 e. The Morgan fingerprint density at radius 1 is 1.17 bits per heavy atom. The van der Waals surface area contributed by atoms with Crippen molar-refractivity contribution in [1.82, 2.24) is 9.29 Å². The molecule has 1 aromatic carbocycles. The molecule has 1 aliphatic rings. The van der Waals surface area contributed by atoms with Gasteiger partial charge in [0.2, 0.25) is 0 Å². The second-order valence-electron chi connectivity index (χ2n) is 6.17. The highest BCUT2D eigenvalue weighted by molar-refractivity contribution is 7.82. The van der Waals surface area contributed by atoms with Crippen molar-refractivity contribution in [3.63, 3.8) is 0 Å². The van der Waals surface area contributed by atoms with Crippen LogP contribution in [0, 0.1) is 0 Å². The molecule has 0 bridgehead atoms. The summed E-state index contributed by atoms with van der Waals surface area (Å²) < 4.78 is 52.7. The number of aromatic nitrogens is 1. The third-order valence-electron chi connectivity index (χ3n) is 4.15. The minimum atomic E-state index is -4.48. The summed E-state index contributed by atoms with van der Waals surface area (Å²) in [6.45, 7) is 0.666. The van der Waals surface area contributed by atoms with Crippen molar-refractivity contribution < 1.29 is 27.0 Å². The van der Waals surface area contributed by atoms with Crippen LogP contribution in [-0.4, -0.2) is 34.2 Å². The Kier molecular flexibility index (Phi) is 6.60. The van der Waals surface area contributed by atoms with Crippen LogP contribution in [0.3, 0.4) is 0 Å². The van der Waals surface area contributed by atoms with Gasteiger partial charge >= 0.3 is 12.3 Å². The fraction of sp³-hybridized carbons (Fsp3) is 0.278. The summed E-state index contributed by atoms with van der Waals surface area (Å²) >= 11 is 0. The molecule has 11 heteroatoms. The number of thiol groups is 1. The molecule has 0 spiro atoms. The summed E-state index contributed by atoms with van der Waals surface area (Å²) in [5, 5.41) is 6.30. The molecular weight excluding hydrogens is 409 g/mol. The third-order valence-corrected chi connectivity index (χ3v) is 5.79. The number of nitrogens with zero attached hydrogens (tertiary/aromatic N) is 3. The quantitative estimate of drug-likeness (QED) is 0.348. The van der Waals surface area contributed by atoms with Crippen LogP contribution in [0.1, 0.15) is 18.4 Å². The smallest absolute Gasteiger partial charge is 0.298 e. The van der Waals surface area contributed by atoms with E-state index >= 15 is 0 Å². The second kappa shape index (κ2) is 9.14. The number of halogens is 3. The number of benzene rings is 1. The van der Waals surface area contributed by atoms with E-state index in [1.54, 1.807) is 16.4 Å². The number of rotatable bonds is 4. The number of anilines is 1. The molecule has 7 nitrogen and oxygen atoms in total. The van der Waals surface area contributed by atoms with Gasteiger partial charge in [0.05, 0.1) is 11.3 Å². The summed E-state index contributed by atoms with van der Waals surface area (Å²) in [6, 6.07) is 7.72. The topological polar surface area (TPSA) is 83.9 Å². The van der Waals surface area contributed by atoms with Gasteiger partial charge in [-0.05, 0) is 24.3 Å². The lowest BCUT2D eigenvalue weighted by Crippen LogP contribution is -2.35. The first-order valence-electron chi connectivity index (χ1n) is 8.66. The number of hydrogen-bond acceptors (Lipinski definition) is 5. The number of alkyl halides is 3. The van der Waals surface area contributed by atoms with Gasteiger partial charge < -0.3 is 0 Å². The highest BCUT2D eigenvalue weighted by atomic mass is 32.2. The predicted octanol–water partition coefficient (Wildman–Crippen LogP) is 3.77. The van der Waals surface area contributed by atoms with Gasteiger partial charge in [0.1, 0.15) is 0 Å². The van der Waals surface area contributed by atoms with Crippen LogP contribution >= 0.6 is 0 Å². The molecule has 0 saturated carbocycles. The third kappa shape index (κ3) is 5.84. The van der Waals surface area contributed by atoms with Crippen LogP contribution in [0.4, 0.5) is 23.7 Å². The monoisotopic (exact) mass is 427 g/mol. The molecule has 1 amide bonds. The Balaban J connectivity index is 1.53. The van der Waals surface area contributed by atoms with E-state index in [1.807, 2.05) is 0 Å². The van der Waals surface area contributed by atoms with Crippen LogP contribution < -0.4 is 5.32 Å². The lowest BCUT2D eigenvalue weighted by Gasteiger charge is -2.21. The number of hydrogen-bond donors (Lipinski definition) is 1. The molecule has 0 aliphatic carbocycles. The van der Waals surface area contributed by atoms with Crippen molar-refractivity contribution in [2.24, 2.45) is 5.16 Å². The summed E-state index contributed by atoms with van der Waals surface area (Å²) in [6.07, 6.45) is -1.42. The number of piperidine rings is 1. The van der Waals surface area contributed by atoms with Crippen molar-refractivity contribution in [3.8, 4) is 0 Å². The van der Waals surface area contributed by atoms with Gasteiger partial charge in [-0.2, -0.15) is 13.2 Å². The van der Waals surface area contributed by atoms with Gasteiger partial charge in [0, 0.05) is 50.1 Å². The van der Waals surface area contributed by atoms with E-state index in [2.05, 4.69) is 15.5 Å².